The maximum Gasteiger partial charge on any atom is 0.484 e. The van der Waals surface area contributed by atoms with Gasteiger partial charge in [0, 0.05) is 44.3 Å². The van der Waals surface area contributed by atoms with E-state index in [0.29, 0.717) is 25.2 Å². The van der Waals surface area contributed by atoms with Gasteiger partial charge in [-0.1, -0.05) is 28.6 Å². The highest BCUT2D eigenvalue weighted by atomic mass is 19.4. The molecule has 4 rings (SSSR count). The predicted octanol–water partition coefficient (Wildman–Crippen LogP) is 3.12. The summed E-state index contributed by atoms with van der Waals surface area (Å²) in [4.78, 5) is 29.1. The average molecular weight is 571 g/mol. The highest BCUT2D eigenvalue weighted by molar-refractivity contribution is 5.92. The van der Waals surface area contributed by atoms with Gasteiger partial charge in [-0.3, -0.25) is 28.8 Å². The van der Waals surface area contributed by atoms with Gasteiger partial charge in [-0.25, -0.2) is 0 Å². The number of carbonyl (C=O) groups excluding carboxylic acids is 2. The third-order valence-corrected chi connectivity index (χ3v) is 6.07. The molecule has 216 valence electrons. The lowest BCUT2D eigenvalue weighted by Crippen LogP contribution is -2.34. The standard InChI is InChI=1S/C26H29F3N10O2/c1-18-8-9-20(14-30-18)15-31-25(41)22-16-38(35-33-22)10-3-4-11-39-17-23(34-36-39)32-24(40)13-19-6-5-7-21(12-19)37(2)26(27,28)29/h5-9,12,14,16-17H,3-4,10-11,13,15H2,1-2H3,(H,31,41)(H,32,40). The van der Waals surface area contributed by atoms with Crippen molar-refractivity contribution >= 4 is 23.3 Å². The number of nitrogens with zero attached hydrogens (tertiary/aromatic N) is 8. The first-order valence-electron chi connectivity index (χ1n) is 12.8. The van der Waals surface area contributed by atoms with Crippen molar-refractivity contribution in [1.82, 2.24) is 40.3 Å². The molecule has 1 aromatic carbocycles. The number of anilines is 2. The van der Waals surface area contributed by atoms with Crippen LogP contribution in [0.5, 0.6) is 0 Å². The van der Waals surface area contributed by atoms with E-state index in [1.807, 2.05) is 19.1 Å². The number of benzene rings is 1. The van der Waals surface area contributed by atoms with Crippen LogP contribution in [0, 0.1) is 6.92 Å². The SMILES string of the molecule is Cc1ccc(CNC(=O)c2cn(CCCCn3cc(NC(=O)Cc4cccc(N(C)C(F)(F)F)c4)nn3)nn2)cn1. The summed E-state index contributed by atoms with van der Waals surface area (Å²) in [5.74, 6) is -0.507. The number of hydrogen-bond donors (Lipinski definition) is 2. The van der Waals surface area contributed by atoms with Crippen LogP contribution in [0.25, 0.3) is 0 Å². The molecule has 0 saturated carbocycles. The minimum absolute atomic E-state index is 0.0602. The zero-order valence-corrected chi connectivity index (χ0v) is 22.5. The molecule has 15 heteroatoms. The molecule has 2 amide bonds. The highest BCUT2D eigenvalue weighted by Crippen LogP contribution is 2.27. The summed E-state index contributed by atoms with van der Waals surface area (Å²) in [5, 5.41) is 21.2. The van der Waals surface area contributed by atoms with Crippen LogP contribution in [0.2, 0.25) is 0 Å². The van der Waals surface area contributed by atoms with Crippen LogP contribution in [0.3, 0.4) is 0 Å². The molecule has 0 aliphatic rings. The van der Waals surface area contributed by atoms with Gasteiger partial charge >= 0.3 is 6.30 Å². The van der Waals surface area contributed by atoms with Crippen molar-refractivity contribution in [2.75, 3.05) is 17.3 Å². The third-order valence-electron chi connectivity index (χ3n) is 6.07. The molecule has 3 heterocycles. The van der Waals surface area contributed by atoms with Gasteiger partial charge in [0.25, 0.3) is 5.91 Å². The minimum atomic E-state index is -4.52. The first-order chi connectivity index (χ1) is 19.6. The fourth-order valence-corrected chi connectivity index (χ4v) is 3.79. The fraction of sp³-hybridized carbons (Fsp3) is 0.346. The Bertz CT molecular complexity index is 1470. The van der Waals surface area contributed by atoms with Crippen LogP contribution in [-0.2, 0) is 30.8 Å². The van der Waals surface area contributed by atoms with Crippen molar-refractivity contribution in [2.45, 2.75) is 52.1 Å². The van der Waals surface area contributed by atoms with E-state index in [2.05, 4.69) is 36.2 Å². The van der Waals surface area contributed by atoms with Crippen molar-refractivity contribution < 1.29 is 22.8 Å². The Balaban J connectivity index is 1.17. The van der Waals surface area contributed by atoms with Crippen LogP contribution >= 0.6 is 0 Å². The lowest BCUT2D eigenvalue weighted by molar-refractivity contribution is -0.125. The van der Waals surface area contributed by atoms with E-state index in [-0.39, 0.29) is 34.4 Å². The number of aryl methyl sites for hydroxylation is 3. The van der Waals surface area contributed by atoms with Crippen molar-refractivity contribution in [1.29, 1.82) is 0 Å². The highest BCUT2D eigenvalue weighted by Gasteiger charge is 2.34. The summed E-state index contributed by atoms with van der Waals surface area (Å²) in [6, 6.07) is 9.46. The Labute approximate surface area is 233 Å². The normalized spacial score (nSPS) is 11.3. The summed E-state index contributed by atoms with van der Waals surface area (Å²) in [6.45, 7) is 3.30. The molecular weight excluding hydrogens is 541 g/mol. The monoisotopic (exact) mass is 570 g/mol. The Morgan fingerprint density at radius 1 is 0.976 bits per heavy atom. The van der Waals surface area contributed by atoms with Crippen molar-refractivity contribution in [3.05, 3.63) is 77.5 Å². The van der Waals surface area contributed by atoms with E-state index in [1.54, 1.807) is 34.0 Å². The molecule has 2 N–H and O–H groups in total. The second kappa shape index (κ2) is 13.0. The molecule has 4 aromatic rings. The minimum Gasteiger partial charge on any atom is -0.346 e. The lowest BCUT2D eigenvalue weighted by Gasteiger charge is -2.22. The van der Waals surface area contributed by atoms with Gasteiger partial charge in [-0.15, -0.1) is 10.2 Å². The number of nitrogens with one attached hydrogen (secondary N) is 2. The quantitative estimate of drug-likeness (QED) is 0.196. The van der Waals surface area contributed by atoms with E-state index < -0.39 is 12.2 Å². The van der Waals surface area contributed by atoms with Gasteiger partial charge in [-0.05, 0) is 49.1 Å². The first kappa shape index (κ1) is 29.2. The number of rotatable bonds is 12. The average Bonchev–Trinajstić information content (AvgIpc) is 3.59. The fourth-order valence-electron chi connectivity index (χ4n) is 3.79. The molecule has 0 radical (unpaired) electrons. The Morgan fingerprint density at radius 3 is 2.41 bits per heavy atom. The van der Waals surface area contributed by atoms with Crippen molar-refractivity contribution in [2.24, 2.45) is 0 Å². The number of amides is 2. The smallest absolute Gasteiger partial charge is 0.346 e. The van der Waals surface area contributed by atoms with Gasteiger partial charge < -0.3 is 10.6 Å². The largest absolute Gasteiger partial charge is 0.484 e. The third kappa shape index (κ3) is 8.58. The molecule has 0 fully saturated rings. The Kier molecular flexibility index (Phi) is 9.26. The van der Waals surface area contributed by atoms with Crippen molar-refractivity contribution in [3.8, 4) is 0 Å². The number of alkyl halides is 3. The summed E-state index contributed by atoms with van der Waals surface area (Å²) < 4.78 is 42.0. The van der Waals surface area contributed by atoms with Crippen LogP contribution in [-0.4, -0.2) is 60.1 Å². The molecule has 0 unspecified atom stereocenters. The van der Waals surface area contributed by atoms with Crippen LogP contribution in [0.15, 0.2) is 55.0 Å². The zero-order chi connectivity index (χ0) is 29.4. The van der Waals surface area contributed by atoms with Crippen LogP contribution in [0.1, 0.15) is 40.2 Å². The molecule has 0 aliphatic carbocycles. The first-order valence-corrected chi connectivity index (χ1v) is 12.8. The molecular formula is C26H29F3N10O2. The molecule has 0 atom stereocenters. The lowest BCUT2D eigenvalue weighted by atomic mass is 10.1. The van der Waals surface area contributed by atoms with E-state index >= 15 is 0 Å². The second-order valence-corrected chi connectivity index (χ2v) is 9.35. The maximum atomic E-state index is 12.9. The second-order valence-electron chi connectivity index (χ2n) is 9.35. The predicted molar refractivity (Wildman–Crippen MR) is 143 cm³/mol. The summed E-state index contributed by atoms with van der Waals surface area (Å²) in [5.41, 5.74) is 2.38. The summed E-state index contributed by atoms with van der Waals surface area (Å²) in [6.07, 6.45) is 1.68. The molecule has 0 bridgehead atoms. The zero-order valence-electron chi connectivity index (χ0n) is 22.5. The maximum absolute atomic E-state index is 12.9. The van der Waals surface area contributed by atoms with Gasteiger partial charge in [0.05, 0.1) is 18.8 Å². The van der Waals surface area contributed by atoms with E-state index in [1.165, 1.54) is 18.2 Å². The van der Waals surface area contributed by atoms with E-state index in [0.717, 1.165) is 31.1 Å². The number of carbonyl (C=O) groups is 2. The van der Waals surface area contributed by atoms with Gasteiger partial charge in [0.15, 0.2) is 11.5 Å². The number of aromatic nitrogens is 7. The molecule has 0 aliphatic heterocycles. The van der Waals surface area contributed by atoms with Gasteiger partial charge in [0.1, 0.15) is 0 Å². The van der Waals surface area contributed by atoms with Gasteiger partial charge in [-0.2, -0.15) is 13.2 Å². The van der Waals surface area contributed by atoms with Crippen LogP contribution in [0.4, 0.5) is 24.7 Å². The van der Waals surface area contributed by atoms with Crippen LogP contribution < -0.4 is 15.5 Å². The van der Waals surface area contributed by atoms with Crippen molar-refractivity contribution in [3.63, 3.8) is 0 Å². The number of hydrogen-bond acceptors (Lipinski definition) is 8. The molecule has 41 heavy (non-hydrogen) atoms. The van der Waals surface area contributed by atoms with E-state index in [4.69, 9.17) is 0 Å². The summed E-state index contributed by atoms with van der Waals surface area (Å²) in [7, 11) is 0.923. The Morgan fingerprint density at radius 2 is 1.71 bits per heavy atom. The van der Waals surface area contributed by atoms with E-state index in [9.17, 15) is 22.8 Å². The molecule has 3 aromatic heterocycles. The number of halogens is 3. The van der Waals surface area contributed by atoms with Gasteiger partial charge in [0.2, 0.25) is 5.91 Å². The topological polar surface area (TPSA) is 136 Å². The summed E-state index contributed by atoms with van der Waals surface area (Å²) >= 11 is 0. The molecule has 0 saturated heterocycles. The number of unbranched alkanes of at least 4 members (excludes halogenated alkanes) is 1. The molecule has 12 nitrogen and oxygen atoms in total. The number of pyridine rings is 1. The Hall–Kier alpha value is -4.82. The molecule has 0 spiro atoms.